The number of Topliss-reactive ketones (excluding diaryl/α,β-unsaturated/α-hetero) is 1. The van der Waals surface area contributed by atoms with Gasteiger partial charge in [-0.25, -0.2) is 12.7 Å². The molecule has 7 heteroatoms. The molecule has 25 heavy (non-hydrogen) atoms. The van der Waals surface area contributed by atoms with Crippen LogP contribution in [0.3, 0.4) is 0 Å². The number of sulfonamides is 1. The second kappa shape index (κ2) is 7.16. The summed E-state index contributed by atoms with van der Waals surface area (Å²) in [6, 6.07) is 11.0. The average molecular weight is 360 g/mol. The number of amides is 1. The molecule has 0 aliphatic carbocycles. The van der Waals surface area contributed by atoms with Crippen molar-refractivity contribution in [1.82, 2.24) is 4.31 Å². The fourth-order valence-corrected chi connectivity index (χ4v) is 3.16. The summed E-state index contributed by atoms with van der Waals surface area (Å²) in [4.78, 5) is 24.0. The lowest BCUT2D eigenvalue weighted by atomic mass is 10.1. The van der Waals surface area contributed by atoms with E-state index in [2.05, 4.69) is 5.32 Å². The number of carbonyl (C=O) groups is 2. The van der Waals surface area contributed by atoms with E-state index in [0.29, 0.717) is 16.8 Å². The number of nitrogens with one attached hydrogen (secondary N) is 1. The molecule has 0 heterocycles. The molecule has 0 saturated heterocycles. The van der Waals surface area contributed by atoms with Gasteiger partial charge in [0.1, 0.15) is 0 Å². The minimum absolute atomic E-state index is 0.0470. The van der Waals surface area contributed by atoms with Crippen molar-refractivity contribution in [2.45, 2.75) is 18.7 Å². The summed E-state index contributed by atoms with van der Waals surface area (Å²) in [7, 11) is -0.766. The van der Waals surface area contributed by atoms with Crippen LogP contribution >= 0.6 is 0 Å². The molecular weight excluding hydrogens is 340 g/mol. The third kappa shape index (κ3) is 4.12. The Morgan fingerprint density at radius 1 is 1.04 bits per heavy atom. The van der Waals surface area contributed by atoms with Crippen molar-refractivity contribution in [2.24, 2.45) is 0 Å². The fraction of sp³-hybridized carbons (Fsp3) is 0.222. The third-order valence-corrected chi connectivity index (χ3v) is 5.57. The summed E-state index contributed by atoms with van der Waals surface area (Å²) in [5.41, 5.74) is 1.87. The molecule has 2 aromatic rings. The van der Waals surface area contributed by atoms with Gasteiger partial charge in [-0.2, -0.15) is 0 Å². The molecular formula is C18H20N2O4S. The molecule has 0 saturated carbocycles. The lowest BCUT2D eigenvalue weighted by molar-refractivity contribution is 0.101. The lowest BCUT2D eigenvalue weighted by Gasteiger charge is -2.14. The lowest BCUT2D eigenvalue weighted by Crippen LogP contribution is -2.23. The van der Waals surface area contributed by atoms with Gasteiger partial charge in [-0.05, 0) is 43.7 Å². The van der Waals surface area contributed by atoms with Crippen LogP contribution in [0.5, 0.6) is 0 Å². The number of rotatable bonds is 5. The van der Waals surface area contributed by atoms with Crippen LogP contribution in [-0.2, 0) is 10.0 Å². The van der Waals surface area contributed by atoms with Crippen molar-refractivity contribution in [2.75, 3.05) is 19.4 Å². The minimum Gasteiger partial charge on any atom is -0.322 e. The van der Waals surface area contributed by atoms with Crippen molar-refractivity contribution in [1.29, 1.82) is 0 Å². The van der Waals surface area contributed by atoms with Gasteiger partial charge < -0.3 is 5.32 Å². The van der Waals surface area contributed by atoms with E-state index in [1.54, 1.807) is 37.3 Å². The van der Waals surface area contributed by atoms with E-state index in [1.807, 2.05) is 0 Å². The molecule has 0 radical (unpaired) electrons. The Morgan fingerprint density at radius 3 is 2.32 bits per heavy atom. The molecule has 0 fully saturated rings. The van der Waals surface area contributed by atoms with Crippen LogP contribution in [-0.4, -0.2) is 38.5 Å². The van der Waals surface area contributed by atoms with Crippen LogP contribution in [0, 0.1) is 6.92 Å². The molecule has 0 aliphatic heterocycles. The van der Waals surface area contributed by atoms with Gasteiger partial charge in [0.2, 0.25) is 10.0 Å². The summed E-state index contributed by atoms with van der Waals surface area (Å²) < 4.78 is 25.6. The summed E-state index contributed by atoms with van der Waals surface area (Å²) in [5, 5.41) is 2.70. The number of nitrogens with zero attached hydrogens (tertiary/aromatic N) is 1. The van der Waals surface area contributed by atoms with E-state index in [-0.39, 0.29) is 16.2 Å². The molecule has 0 aromatic heterocycles. The highest BCUT2D eigenvalue weighted by Gasteiger charge is 2.20. The van der Waals surface area contributed by atoms with Gasteiger partial charge >= 0.3 is 0 Å². The first-order chi connectivity index (χ1) is 11.6. The maximum Gasteiger partial charge on any atom is 0.255 e. The molecule has 0 spiro atoms. The van der Waals surface area contributed by atoms with E-state index in [1.165, 1.54) is 33.2 Å². The average Bonchev–Trinajstić information content (AvgIpc) is 2.55. The molecule has 0 aliphatic rings. The van der Waals surface area contributed by atoms with Crippen LogP contribution < -0.4 is 5.32 Å². The second-order valence-electron chi connectivity index (χ2n) is 5.86. The summed E-state index contributed by atoms with van der Waals surface area (Å²) in [6.07, 6.45) is 0. The van der Waals surface area contributed by atoms with Crippen molar-refractivity contribution in [3.8, 4) is 0 Å². The van der Waals surface area contributed by atoms with E-state index in [9.17, 15) is 18.0 Å². The molecule has 6 nitrogen and oxygen atoms in total. The first-order valence-electron chi connectivity index (χ1n) is 7.58. The predicted octanol–water partition coefficient (Wildman–Crippen LogP) is 2.70. The van der Waals surface area contributed by atoms with Crippen molar-refractivity contribution in [3.63, 3.8) is 0 Å². The van der Waals surface area contributed by atoms with Gasteiger partial charge in [0, 0.05) is 30.9 Å². The number of carbonyl (C=O) groups excluding carboxylic acids is 2. The summed E-state index contributed by atoms with van der Waals surface area (Å²) in [6.45, 7) is 3.17. The van der Waals surface area contributed by atoms with Crippen LogP contribution in [0.1, 0.15) is 33.2 Å². The van der Waals surface area contributed by atoms with Crippen molar-refractivity contribution < 1.29 is 18.0 Å². The Labute approximate surface area is 147 Å². The first-order valence-corrected chi connectivity index (χ1v) is 9.02. The number of benzene rings is 2. The molecule has 1 N–H and O–H groups in total. The first kappa shape index (κ1) is 18.8. The number of hydrogen-bond acceptors (Lipinski definition) is 4. The molecule has 132 valence electrons. The van der Waals surface area contributed by atoms with Crippen LogP contribution in [0.2, 0.25) is 0 Å². The van der Waals surface area contributed by atoms with Crippen molar-refractivity contribution >= 4 is 27.4 Å². The van der Waals surface area contributed by atoms with Gasteiger partial charge in [-0.15, -0.1) is 0 Å². The van der Waals surface area contributed by atoms with Crippen LogP contribution in [0.4, 0.5) is 5.69 Å². The Morgan fingerprint density at radius 2 is 1.72 bits per heavy atom. The molecule has 0 bridgehead atoms. The standard InChI is InChI=1S/C18H20N2O4S/c1-12-8-9-16(25(23,24)20(3)4)11-17(12)18(22)19-15-7-5-6-14(10-15)13(2)21/h5-11H,1-4H3,(H,19,22). The van der Waals surface area contributed by atoms with Crippen molar-refractivity contribution in [3.05, 3.63) is 59.2 Å². The Hall–Kier alpha value is -2.51. The smallest absolute Gasteiger partial charge is 0.255 e. The SMILES string of the molecule is CC(=O)c1cccc(NC(=O)c2cc(S(=O)(=O)N(C)C)ccc2C)c1. The number of hydrogen-bond donors (Lipinski definition) is 1. The Kier molecular flexibility index (Phi) is 5.39. The molecule has 2 aromatic carbocycles. The maximum absolute atomic E-state index is 12.6. The van der Waals surface area contributed by atoms with Gasteiger partial charge in [-0.1, -0.05) is 18.2 Å². The third-order valence-electron chi connectivity index (χ3n) is 3.76. The highest BCUT2D eigenvalue weighted by Crippen LogP contribution is 2.20. The number of ketones is 1. The van der Waals surface area contributed by atoms with E-state index in [0.717, 1.165) is 4.31 Å². The highest BCUT2D eigenvalue weighted by atomic mass is 32.2. The van der Waals surface area contributed by atoms with Crippen LogP contribution in [0.15, 0.2) is 47.4 Å². The molecule has 2 rings (SSSR count). The van der Waals surface area contributed by atoms with E-state index >= 15 is 0 Å². The Balaban J connectivity index is 2.37. The Bertz CT molecular complexity index is 934. The monoisotopic (exact) mass is 360 g/mol. The molecule has 0 unspecified atom stereocenters. The zero-order chi connectivity index (χ0) is 18.8. The normalized spacial score (nSPS) is 11.4. The van der Waals surface area contributed by atoms with Gasteiger partial charge in [-0.3, -0.25) is 9.59 Å². The number of aryl methyl sites for hydroxylation is 1. The topological polar surface area (TPSA) is 83.5 Å². The quantitative estimate of drug-likeness (QED) is 0.831. The zero-order valence-corrected chi connectivity index (χ0v) is 15.3. The van der Waals surface area contributed by atoms with E-state index in [4.69, 9.17) is 0 Å². The second-order valence-corrected chi connectivity index (χ2v) is 8.01. The van der Waals surface area contributed by atoms with Gasteiger partial charge in [0.25, 0.3) is 5.91 Å². The zero-order valence-electron chi connectivity index (χ0n) is 14.5. The summed E-state index contributed by atoms with van der Waals surface area (Å²) in [5.74, 6) is -0.541. The molecule has 1 amide bonds. The predicted molar refractivity (Wildman–Crippen MR) is 96.5 cm³/mol. The fourth-order valence-electron chi connectivity index (χ4n) is 2.23. The number of anilines is 1. The van der Waals surface area contributed by atoms with Crippen LogP contribution in [0.25, 0.3) is 0 Å². The molecule has 0 atom stereocenters. The van der Waals surface area contributed by atoms with Gasteiger partial charge in [0.05, 0.1) is 4.90 Å². The van der Waals surface area contributed by atoms with E-state index < -0.39 is 15.9 Å². The summed E-state index contributed by atoms with van der Waals surface area (Å²) >= 11 is 0. The highest BCUT2D eigenvalue weighted by molar-refractivity contribution is 7.89. The minimum atomic E-state index is -3.63. The maximum atomic E-state index is 12.6. The van der Waals surface area contributed by atoms with Gasteiger partial charge in [0.15, 0.2) is 5.78 Å². The largest absolute Gasteiger partial charge is 0.322 e.